The molecule has 6 nitrogen and oxygen atoms in total. The van der Waals surface area contributed by atoms with Gasteiger partial charge in [-0.2, -0.15) is 0 Å². The van der Waals surface area contributed by atoms with E-state index in [1.165, 1.54) is 18.9 Å². The zero-order chi connectivity index (χ0) is 22.2. The molecule has 166 valence electrons. The average molecular weight is 431 g/mol. The Morgan fingerprint density at radius 1 is 0.938 bits per heavy atom. The van der Waals surface area contributed by atoms with E-state index in [1.54, 1.807) is 6.08 Å². The van der Waals surface area contributed by atoms with Crippen molar-refractivity contribution in [3.63, 3.8) is 0 Å². The van der Waals surface area contributed by atoms with Crippen LogP contribution in [-0.2, 0) is 22.7 Å². The van der Waals surface area contributed by atoms with Crippen molar-refractivity contribution in [3.8, 4) is 0 Å². The second kappa shape index (κ2) is 10.8. The van der Waals surface area contributed by atoms with Gasteiger partial charge < -0.3 is 14.8 Å². The van der Waals surface area contributed by atoms with Gasteiger partial charge in [-0.05, 0) is 36.6 Å². The number of imidazole rings is 1. The van der Waals surface area contributed by atoms with E-state index in [-0.39, 0.29) is 11.8 Å². The molecule has 0 radical (unpaired) electrons. The summed E-state index contributed by atoms with van der Waals surface area (Å²) in [7, 11) is 0. The molecular formula is C26H30N4O2. The number of aryl methyl sites for hydroxylation is 1. The molecule has 1 fully saturated rings. The first-order valence-corrected chi connectivity index (χ1v) is 11.4. The molecular weight excluding hydrogens is 400 g/mol. The maximum Gasteiger partial charge on any atom is 0.244 e. The summed E-state index contributed by atoms with van der Waals surface area (Å²) in [6.07, 6.45) is 8.36. The van der Waals surface area contributed by atoms with Gasteiger partial charge in [0.05, 0.1) is 17.6 Å². The normalized spacial score (nSPS) is 14.6. The van der Waals surface area contributed by atoms with Gasteiger partial charge in [0.2, 0.25) is 11.8 Å². The second-order valence-electron chi connectivity index (χ2n) is 8.18. The van der Waals surface area contributed by atoms with Crippen molar-refractivity contribution < 1.29 is 9.59 Å². The van der Waals surface area contributed by atoms with Gasteiger partial charge in [-0.1, -0.05) is 55.3 Å². The summed E-state index contributed by atoms with van der Waals surface area (Å²) >= 11 is 0. The van der Waals surface area contributed by atoms with E-state index < -0.39 is 0 Å². The van der Waals surface area contributed by atoms with E-state index in [0.29, 0.717) is 19.5 Å². The van der Waals surface area contributed by atoms with Gasteiger partial charge in [0.1, 0.15) is 5.82 Å². The first-order chi connectivity index (χ1) is 15.7. The number of hydrogen-bond acceptors (Lipinski definition) is 3. The lowest BCUT2D eigenvalue weighted by molar-refractivity contribution is -0.131. The van der Waals surface area contributed by atoms with E-state index in [2.05, 4.69) is 9.88 Å². The number of benzene rings is 2. The maximum atomic E-state index is 12.8. The molecule has 1 aliphatic rings. The molecule has 1 aromatic heterocycles. The molecule has 2 heterocycles. The van der Waals surface area contributed by atoms with Crippen LogP contribution < -0.4 is 5.32 Å². The number of nitrogens with one attached hydrogen (secondary N) is 1. The molecule has 0 atom stereocenters. The highest BCUT2D eigenvalue weighted by molar-refractivity contribution is 5.91. The summed E-state index contributed by atoms with van der Waals surface area (Å²) < 4.78 is 2.06. The quantitative estimate of drug-likeness (QED) is 0.573. The highest BCUT2D eigenvalue weighted by Crippen LogP contribution is 2.18. The van der Waals surface area contributed by atoms with Crippen LogP contribution >= 0.6 is 0 Å². The Labute approximate surface area is 188 Å². The van der Waals surface area contributed by atoms with Crippen LogP contribution in [0, 0.1) is 0 Å². The Hall–Kier alpha value is -3.41. The van der Waals surface area contributed by atoms with E-state index in [0.717, 1.165) is 48.4 Å². The Balaban J connectivity index is 1.42. The summed E-state index contributed by atoms with van der Waals surface area (Å²) in [4.78, 5) is 31.8. The Morgan fingerprint density at radius 2 is 1.66 bits per heavy atom. The van der Waals surface area contributed by atoms with Crippen LogP contribution in [0.2, 0.25) is 0 Å². The lowest BCUT2D eigenvalue weighted by atomic mass is 10.2. The standard InChI is InChI=1S/C26H30N4O2/c31-25(15-14-21-10-4-3-5-11-21)27-20-24-28-22-12-6-7-13-23(22)30(24)19-16-26(32)29-17-8-1-2-9-18-29/h3-7,10-15H,1-2,8-9,16-20H2,(H,27,31)/b15-14-. The van der Waals surface area contributed by atoms with Crippen LogP contribution in [0.15, 0.2) is 60.7 Å². The molecule has 6 heteroatoms. The molecule has 0 saturated carbocycles. The van der Waals surface area contributed by atoms with Gasteiger partial charge in [-0.15, -0.1) is 0 Å². The van der Waals surface area contributed by atoms with Crippen LogP contribution in [0.25, 0.3) is 17.1 Å². The average Bonchev–Trinajstić information content (AvgIpc) is 2.98. The van der Waals surface area contributed by atoms with Crippen molar-refractivity contribution in [2.75, 3.05) is 13.1 Å². The lowest BCUT2D eigenvalue weighted by Gasteiger charge is -2.20. The molecule has 1 saturated heterocycles. The number of carbonyl (C=O) groups is 2. The van der Waals surface area contributed by atoms with Gasteiger partial charge in [-0.25, -0.2) is 4.98 Å². The largest absolute Gasteiger partial charge is 0.345 e. The van der Waals surface area contributed by atoms with Crippen molar-refractivity contribution in [2.24, 2.45) is 0 Å². The van der Waals surface area contributed by atoms with E-state index in [1.807, 2.05) is 59.5 Å². The first-order valence-electron chi connectivity index (χ1n) is 11.4. The Bertz CT molecular complexity index is 1080. The minimum atomic E-state index is -0.173. The first kappa shape index (κ1) is 21.8. The van der Waals surface area contributed by atoms with Crippen LogP contribution in [-0.4, -0.2) is 39.4 Å². The van der Waals surface area contributed by atoms with Crippen molar-refractivity contribution in [3.05, 3.63) is 72.1 Å². The Morgan fingerprint density at radius 3 is 2.44 bits per heavy atom. The smallest absolute Gasteiger partial charge is 0.244 e. The summed E-state index contributed by atoms with van der Waals surface area (Å²) in [5, 5.41) is 2.93. The van der Waals surface area contributed by atoms with Crippen molar-refractivity contribution in [1.82, 2.24) is 19.8 Å². The summed E-state index contributed by atoms with van der Waals surface area (Å²) in [5.41, 5.74) is 2.83. The fraction of sp³-hybridized carbons (Fsp3) is 0.346. The molecule has 4 rings (SSSR count). The zero-order valence-corrected chi connectivity index (χ0v) is 18.4. The van der Waals surface area contributed by atoms with Crippen LogP contribution in [0.1, 0.15) is 43.5 Å². The fourth-order valence-corrected chi connectivity index (χ4v) is 4.16. The monoisotopic (exact) mass is 430 g/mol. The molecule has 2 aromatic carbocycles. The van der Waals surface area contributed by atoms with Crippen LogP contribution in [0.4, 0.5) is 0 Å². The third kappa shape index (κ3) is 5.63. The predicted octanol–water partition coefficient (Wildman–Crippen LogP) is 4.16. The number of carbonyl (C=O) groups excluding carboxylic acids is 2. The molecule has 3 aromatic rings. The topological polar surface area (TPSA) is 67.2 Å². The second-order valence-corrected chi connectivity index (χ2v) is 8.18. The third-order valence-electron chi connectivity index (χ3n) is 5.89. The molecule has 0 aliphatic carbocycles. The minimum Gasteiger partial charge on any atom is -0.345 e. The summed E-state index contributed by atoms with van der Waals surface area (Å²) in [6.45, 7) is 2.59. The highest BCUT2D eigenvalue weighted by Gasteiger charge is 2.17. The highest BCUT2D eigenvalue weighted by atomic mass is 16.2. The predicted molar refractivity (Wildman–Crippen MR) is 127 cm³/mol. The number of aromatic nitrogens is 2. The number of hydrogen-bond donors (Lipinski definition) is 1. The number of amides is 2. The molecule has 2 amide bonds. The fourth-order valence-electron chi connectivity index (χ4n) is 4.16. The van der Waals surface area contributed by atoms with Crippen LogP contribution in [0.5, 0.6) is 0 Å². The van der Waals surface area contributed by atoms with E-state index in [4.69, 9.17) is 4.98 Å². The van der Waals surface area contributed by atoms with Gasteiger partial charge in [0.15, 0.2) is 0 Å². The lowest BCUT2D eigenvalue weighted by Crippen LogP contribution is -2.32. The van der Waals surface area contributed by atoms with Crippen molar-refractivity contribution in [1.29, 1.82) is 0 Å². The zero-order valence-electron chi connectivity index (χ0n) is 18.4. The maximum absolute atomic E-state index is 12.8. The van der Waals surface area contributed by atoms with Crippen molar-refractivity contribution >= 4 is 28.9 Å². The number of rotatable bonds is 7. The molecule has 0 spiro atoms. The third-order valence-corrected chi connectivity index (χ3v) is 5.89. The molecule has 1 aliphatic heterocycles. The van der Waals surface area contributed by atoms with Crippen molar-refractivity contribution in [2.45, 2.75) is 45.2 Å². The summed E-state index contributed by atoms with van der Waals surface area (Å²) in [5.74, 6) is 0.787. The minimum absolute atomic E-state index is 0.173. The number of likely N-dealkylation sites (tertiary alicyclic amines) is 1. The number of fused-ring (bicyclic) bond motifs is 1. The Kier molecular flexibility index (Phi) is 7.33. The SMILES string of the molecule is O=C(/C=C\c1ccccc1)NCc1nc2ccccc2n1CCC(=O)N1CCCCCC1. The molecule has 32 heavy (non-hydrogen) atoms. The van der Waals surface area contributed by atoms with Gasteiger partial charge in [0.25, 0.3) is 0 Å². The van der Waals surface area contributed by atoms with E-state index in [9.17, 15) is 9.59 Å². The molecule has 0 bridgehead atoms. The van der Waals surface area contributed by atoms with Gasteiger partial charge in [-0.3, -0.25) is 9.59 Å². The number of nitrogens with zero attached hydrogens (tertiary/aromatic N) is 3. The van der Waals surface area contributed by atoms with Gasteiger partial charge in [0, 0.05) is 32.1 Å². The molecule has 1 N–H and O–H groups in total. The number of para-hydroxylation sites is 2. The van der Waals surface area contributed by atoms with Crippen LogP contribution in [0.3, 0.4) is 0 Å². The summed E-state index contributed by atoms with van der Waals surface area (Å²) in [6, 6.07) is 17.6. The van der Waals surface area contributed by atoms with Gasteiger partial charge >= 0.3 is 0 Å². The molecule has 0 unspecified atom stereocenters. The van der Waals surface area contributed by atoms with E-state index >= 15 is 0 Å².